The predicted octanol–water partition coefficient (Wildman–Crippen LogP) is 2.25. The molecule has 1 atom stereocenters. The van der Waals surface area contributed by atoms with Crippen LogP contribution in [0.1, 0.15) is 31.1 Å². The average molecular weight is 192 g/mol. The SMILES string of the molecule is Cc1ccc(C(O)C(=O)C(C)C)cc1. The van der Waals surface area contributed by atoms with Gasteiger partial charge in [0.1, 0.15) is 6.10 Å². The maximum atomic E-state index is 11.5. The first-order valence-corrected chi connectivity index (χ1v) is 4.80. The summed E-state index contributed by atoms with van der Waals surface area (Å²) in [6, 6.07) is 7.37. The second-order valence-electron chi connectivity index (χ2n) is 3.87. The fourth-order valence-electron chi connectivity index (χ4n) is 1.23. The highest BCUT2D eigenvalue weighted by atomic mass is 16.3. The molecule has 0 radical (unpaired) electrons. The number of rotatable bonds is 3. The van der Waals surface area contributed by atoms with E-state index in [-0.39, 0.29) is 11.7 Å². The zero-order valence-electron chi connectivity index (χ0n) is 8.82. The summed E-state index contributed by atoms with van der Waals surface area (Å²) in [4.78, 5) is 11.5. The van der Waals surface area contributed by atoms with Crippen LogP contribution >= 0.6 is 0 Å². The molecule has 0 amide bonds. The van der Waals surface area contributed by atoms with E-state index < -0.39 is 6.10 Å². The Hall–Kier alpha value is -1.15. The first-order valence-electron chi connectivity index (χ1n) is 4.80. The van der Waals surface area contributed by atoms with E-state index in [1.807, 2.05) is 19.1 Å². The van der Waals surface area contributed by atoms with Gasteiger partial charge in [-0.3, -0.25) is 4.79 Å². The smallest absolute Gasteiger partial charge is 0.168 e. The standard InChI is InChI=1S/C12H16O2/c1-8(2)11(13)12(14)10-6-4-9(3)5-7-10/h4-8,12,14H,1-3H3. The molecule has 0 aliphatic carbocycles. The number of aliphatic hydroxyl groups is 1. The lowest BCUT2D eigenvalue weighted by atomic mass is 9.97. The van der Waals surface area contributed by atoms with Gasteiger partial charge in [0, 0.05) is 5.92 Å². The summed E-state index contributed by atoms with van der Waals surface area (Å²) >= 11 is 0. The van der Waals surface area contributed by atoms with Gasteiger partial charge in [-0.05, 0) is 12.5 Å². The zero-order chi connectivity index (χ0) is 10.7. The van der Waals surface area contributed by atoms with Gasteiger partial charge in [-0.2, -0.15) is 0 Å². The van der Waals surface area contributed by atoms with Crippen LogP contribution < -0.4 is 0 Å². The number of carbonyl (C=O) groups is 1. The van der Waals surface area contributed by atoms with Crippen molar-refractivity contribution in [2.45, 2.75) is 26.9 Å². The minimum atomic E-state index is -0.976. The third-order valence-electron chi connectivity index (χ3n) is 2.23. The zero-order valence-corrected chi connectivity index (χ0v) is 8.82. The average Bonchev–Trinajstić information content (AvgIpc) is 2.16. The number of hydrogen-bond acceptors (Lipinski definition) is 2. The molecule has 0 spiro atoms. The Bertz CT molecular complexity index is 312. The highest BCUT2D eigenvalue weighted by Crippen LogP contribution is 2.17. The van der Waals surface area contributed by atoms with Crippen LogP contribution in [0.3, 0.4) is 0 Å². The summed E-state index contributed by atoms with van der Waals surface area (Å²) in [5, 5.41) is 9.70. The van der Waals surface area contributed by atoms with E-state index in [4.69, 9.17) is 0 Å². The summed E-state index contributed by atoms with van der Waals surface area (Å²) in [5.74, 6) is -0.264. The van der Waals surface area contributed by atoms with Gasteiger partial charge < -0.3 is 5.11 Å². The van der Waals surface area contributed by atoms with Crippen molar-refractivity contribution in [3.05, 3.63) is 35.4 Å². The molecule has 0 aromatic heterocycles. The van der Waals surface area contributed by atoms with E-state index in [0.29, 0.717) is 5.56 Å². The van der Waals surface area contributed by atoms with E-state index >= 15 is 0 Å². The molecule has 76 valence electrons. The third-order valence-corrected chi connectivity index (χ3v) is 2.23. The van der Waals surface area contributed by atoms with Crippen molar-refractivity contribution in [3.63, 3.8) is 0 Å². The van der Waals surface area contributed by atoms with E-state index in [0.717, 1.165) is 5.56 Å². The molecule has 0 heterocycles. The van der Waals surface area contributed by atoms with Crippen LogP contribution in [-0.2, 0) is 4.79 Å². The van der Waals surface area contributed by atoms with Gasteiger partial charge >= 0.3 is 0 Å². The van der Waals surface area contributed by atoms with E-state index in [1.165, 1.54) is 0 Å². The summed E-state index contributed by atoms with van der Waals surface area (Å²) in [5.41, 5.74) is 1.80. The maximum absolute atomic E-state index is 11.5. The monoisotopic (exact) mass is 192 g/mol. The molecule has 1 aromatic carbocycles. The molecule has 0 aliphatic rings. The molecule has 1 N–H and O–H groups in total. The van der Waals surface area contributed by atoms with Crippen molar-refractivity contribution in [1.82, 2.24) is 0 Å². The molecular formula is C12H16O2. The lowest BCUT2D eigenvalue weighted by molar-refractivity contribution is -0.130. The van der Waals surface area contributed by atoms with Crippen molar-refractivity contribution in [2.75, 3.05) is 0 Å². The fraction of sp³-hybridized carbons (Fsp3) is 0.417. The lowest BCUT2D eigenvalue weighted by Gasteiger charge is -2.12. The number of aliphatic hydroxyl groups excluding tert-OH is 1. The van der Waals surface area contributed by atoms with Crippen molar-refractivity contribution in [1.29, 1.82) is 0 Å². The van der Waals surface area contributed by atoms with Gasteiger partial charge in [-0.15, -0.1) is 0 Å². The van der Waals surface area contributed by atoms with Crippen molar-refractivity contribution in [2.24, 2.45) is 5.92 Å². The Morgan fingerprint density at radius 3 is 2.14 bits per heavy atom. The van der Waals surface area contributed by atoms with Gasteiger partial charge in [-0.1, -0.05) is 43.7 Å². The Morgan fingerprint density at radius 2 is 1.71 bits per heavy atom. The Balaban J connectivity index is 2.84. The Kier molecular flexibility index (Phi) is 3.42. The highest BCUT2D eigenvalue weighted by molar-refractivity contribution is 5.85. The molecule has 1 rings (SSSR count). The molecule has 0 aliphatic heterocycles. The minimum Gasteiger partial charge on any atom is -0.381 e. The third kappa shape index (κ3) is 2.42. The van der Waals surface area contributed by atoms with Crippen LogP contribution in [0.4, 0.5) is 0 Å². The Morgan fingerprint density at radius 1 is 1.21 bits per heavy atom. The first-order chi connectivity index (χ1) is 6.52. The first kappa shape index (κ1) is 10.9. The molecule has 1 unspecified atom stereocenters. The fourth-order valence-corrected chi connectivity index (χ4v) is 1.23. The van der Waals surface area contributed by atoms with Gasteiger partial charge in [0.2, 0.25) is 0 Å². The molecule has 2 nitrogen and oxygen atoms in total. The van der Waals surface area contributed by atoms with E-state index in [2.05, 4.69) is 0 Å². The molecule has 1 aromatic rings. The molecule has 0 saturated heterocycles. The van der Waals surface area contributed by atoms with Crippen LogP contribution in [0, 0.1) is 12.8 Å². The normalized spacial score (nSPS) is 12.9. The topological polar surface area (TPSA) is 37.3 Å². The van der Waals surface area contributed by atoms with Crippen molar-refractivity contribution in [3.8, 4) is 0 Å². The van der Waals surface area contributed by atoms with Crippen LogP contribution in [0.2, 0.25) is 0 Å². The highest BCUT2D eigenvalue weighted by Gasteiger charge is 2.19. The van der Waals surface area contributed by atoms with Crippen LogP contribution in [0.25, 0.3) is 0 Å². The number of Topliss-reactive ketones (excluding diaryl/α,β-unsaturated/α-hetero) is 1. The van der Waals surface area contributed by atoms with Gasteiger partial charge in [0.25, 0.3) is 0 Å². The van der Waals surface area contributed by atoms with Crippen molar-refractivity contribution < 1.29 is 9.90 Å². The molecule has 0 saturated carbocycles. The summed E-state index contributed by atoms with van der Waals surface area (Å²) in [6.07, 6.45) is -0.976. The molecule has 0 bridgehead atoms. The van der Waals surface area contributed by atoms with Gasteiger partial charge in [-0.25, -0.2) is 0 Å². The second-order valence-corrected chi connectivity index (χ2v) is 3.87. The quantitative estimate of drug-likeness (QED) is 0.797. The molecular weight excluding hydrogens is 176 g/mol. The summed E-state index contributed by atoms with van der Waals surface area (Å²) in [7, 11) is 0. The second kappa shape index (κ2) is 4.38. The number of ketones is 1. The maximum Gasteiger partial charge on any atom is 0.168 e. The Labute approximate surface area is 84.6 Å². The van der Waals surface area contributed by atoms with Crippen molar-refractivity contribution >= 4 is 5.78 Å². The van der Waals surface area contributed by atoms with Crippen LogP contribution in [0.5, 0.6) is 0 Å². The van der Waals surface area contributed by atoms with E-state index in [1.54, 1.807) is 26.0 Å². The lowest BCUT2D eigenvalue weighted by Crippen LogP contribution is -2.17. The van der Waals surface area contributed by atoms with Crippen LogP contribution in [0.15, 0.2) is 24.3 Å². The number of benzene rings is 1. The minimum absolute atomic E-state index is 0.131. The molecule has 2 heteroatoms. The number of hydrogen-bond donors (Lipinski definition) is 1. The predicted molar refractivity (Wildman–Crippen MR) is 56.0 cm³/mol. The largest absolute Gasteiger partial charge is 0.381 e. The van der Waals surface area contributed by atoms with Crippen LogP contribution in [-0.4, -0.2) is 10.9 Å². The van der Waals surface area contributed by atoms with E-state index in [9.17, 15) is 9.90 Å². The summed E-state index contributed by atoms with van der Waals surface area (Å²) < 4.78 is 0. The van der Waals surface area contributed by atoms with Gasteiger partial charge in [0.15, 0.2) is 5.78 Å². The molecule has 14 heavy (non-hydrogen) atoms. The van der Waals surface area contributed by atoms with Gasteiger partial charge in [0.05, 0.1) is 0 Å². The number of aryl methyl sites for hydroxylation is 1. The molecule has 0 fully saturated rings. The summed E-state index contributed by atoms with van der Waals surface area (Å²) in [6.45, 7) is 5.56. The number of carbonyl (C=O) groups excluding carboxylic acids is 1.